The van der Waals surface area contributed by atoms with Crippen LogP contribution in [0.25, 0.3) is 10.9 Å². The first-order valence-electron chi connectivity index (χ1n) is 5.81. The minimum Gasteiger partial charge on any atom is -0.477 e. The monoisotopic (exact) mass is 256 g/mol. The molecule has 0 aliphatic rings. The highest BCUT2D eigenvalue weighted by Crippen LogP contribution is 2.20. The molecule has 6 heteroatoms. The van der Waals surface area contributed by atoms with Gasteiger partial charge in [-0.3, -0.25) is 0 Å². The molecule has 1 aromatic carbocycles. The van der Waals surface area contributed by atoms with Crippen LogP contribution in [0.1, 0.15) is 16.3 Å². The summed E-state index contributed by atoms with van der Waals surface area (Å²) in [6, 6.07) is 9.25. The van der Waals surface area contributed by atoms with Gasteiger partial charge in [0, 0.05) is 18.0 Å². The van der Waals surface area contributed by atoms with Gasteiger partial charge in [-0.1, -0.05) is 18.2 Å². The highest BCUT2D eigenvalue weighted by Gasteiger charge is 2.15. The van der Waals surface area contributed by atoms with Crippen molar-refractivity contribution >= 4 is 16.9 Å². The summed E-state index contributed by atoms with van der Waals surface area (Å²) in [7, 11) is 1.83. The maximum Gasteiger partial charge on any atom is 0.352 e. The fourth-order valence-corrected chi connectivity index (χ4v) is 2.15. The molecule has 6 nitrogen and oxygen atoms in total. The van der Waals surface area contributed by atoms with Crippen molar-refractivity contribution in [3.05, 3.63) is 48.2 Å². The van der Waals surface area contributed by atoms with Gasteiger partial charge in [0.1, 0.15) is 12.0 Å². The molecule has 0 radical (unpaired) electrons. The average molecular weight is 256 g/mol. The van der Waals surface area contributed by atoms with Gasteiger partial charge in [-0.2, -0.15) is 0 Å². The van der Waals surface area contributed by atoms with E-state index in [4.69, 9.17) is 0 Å². The van der Waals surface area contributed by atoms with Crippen molar-refractivity contribution in [3.63, 3.8) is 0 Å². The Hall–Kier alpha value is -2.63. The molecule has 0 spiro atoms. The smallest absolute Gasteiger partial charge is 0.352 e. The quantitative estimate of drug-likeness (QED) is 0.771. The zero-order valence-corrected chi connectivity index (χ0v) is 10.3. The van der Waals surface area contributed by atoms with Gasteiger partial charge in [0.25, 0.3) is 0 Å². The normalized spacial score (nSPS) is 11.0. The lowest BCUT2D eigenvalue weighted by atomic mass is 10.2. The van der Waals surface area contributed by atoms with Crippen LogP contribution in [0.5, 0.6) is 0 Å². The van der Waals surface area contributed by atoms with Crippen LogP contribution in [0.15, 0.2) is 36.7 Å². The third-order valence-electron chi connectivity index (χ3n) is 3.13. The van der Waals surface area contributed by atoms with Crippen molar-refractivity contribution in [1.29, 1.82) is 0 Å². The lowest BCUT2D eigenvalue weighted by Crippen LogP contribution is -2.12. The molecule has 0 aliphatic carbocycles. The SMILES string of the molecule is Cn1cnnc1Cn1c(C(=O)O)cc2ccccc21. The Morgan fingerprint density at radius 1 is 1.37 bits per heavy atom. The number of aromatic carboxylic acids is 1. The molecular formula is C13H12N4O2. The Balaban J connectivity index is 2.18. The molecule has 0 aliphatic heterocycles. The zero-order valence-electron chi connectivity index (χ0n) is 10.3. The summed E-state index contributed by atoms with van der Waals surface area (Å²) in [5.74, 6) is -0.234. The number of hydrogen-bond acceptors (Lipinski definition) is 3. The van der Waals surface area contributed by atoms with Gasteiger partial charge in [0.2, 0.25) is 0 Å². The molecule has 3 aromatic rings. The van der Waals surface area contributed by atoms with Crippen LogP contribution in [0.4, 0.5) is 0 Å². The third-order valence-corrected chi connectivity index (χ3v) is 3.13. The first kappa shape index (κ1) is 11.5. The van der Waals surface area contributed by atoms with E-state index in [1.54, 1.807) is 21.5 Å². The van der Waals surface area contributed by atoms with Gasteiger partial charge >= 0.3 is 5.97 Å². The molecule has 0 fully saturated rings. The molecule has 0 amide bonds. The van der Waals surface area contributed by atoms with Gasteiger partial charge in [-0.15, -0.1) is 10.2 Å². The number of rotatable bonds is 3. The lowest BCUT2D eigenvalue weighted by Gasteiger charge is -2.07. The van der Waals surface area contributed by atoms with Crippen LogP contribution >= 0.6 is 0 Å². The van der Waals surface area contributed by atoms with Crippen LogP contribution < -0.4 is 0 Å². The minimum absolute atomic E-state index is 0.254. The number of aromatic nitrogens is 4. The van der Waals surface area contributed by atoms with E-state index >= 15 is 0 Å². The summed E-state index contributed by atoms with van der Waals surface area (Å²) in [5, 5.41) is 18.0. The minimum atomic E-state index is -0.946. The molecule has 0 unspecified atom stereocenters. The first-order valence-corrected chi connectivity index (χ1v) is 5.81. The second kappa shape index (κ2) is 4.24. The Morgan fingerprint density at radius 3 is 2.84 bits per heavy atom. The van der Waals surface area contributed by atoms with E-state index in [2.05, 4.69) is 10.2 Å². The van der Waals surface area contributed by atoms with Crippen molar-refractivity contribution in [3.8, 4) is 0 Å². The van der Waals surface area contributed by atoms with Crippen molar-refractivity contribution in [2.45, 2.75) is 6.54 Å². The Kier molecular flexibility index (Phi) is 2.56. The van der Waals surface area contributed by atoms with E-state index < -0.39 is 5.97 Å². The molecule has 19 heavy (non-hydrogen) atoms. The number of para-hydroxylation sites is 1. The number of hydrogen-bond donors (Lipinski definition) is 1. The number of nitrogens with zero attached hydrogens (tertiary/aromatic N) is 4. The topological polar surface area (TPSA) is 72.9 Å². The van der Waals surface area contributed by atoms with Crippen molar-refractivity contribution in [2.24, 2.45) is 7.05 Å². The molecule has 3 rings (SSSR count). The Labute approximate surface area is 108 Å². The second-order valence-corrected chi connectivity index (χ2v) is 4.34. The fraction of sp³-hybridized carbons (Fsp3) is 0.154. The lowest BCUT2D eigenvalue weighted by molar-refractivity contribution is 0.0686. The van der Waals surface area contributed by atoms with Gasteiger partial charge < -0.3 is 14.2 Å². The Morgan fingerprint density at radius 2 is 2.16 bits per heavy atom. The number of carboxylic acid groups (broad SMARTS) is 1. The second-order valence-electron chi connectivity index (χ2n) is 4.34. The van der Waals surface area contributed by atoms with Crippen molar-refractivity contribution < 1.29 is 9.90 Å². The molecule has 0 saturated carbocycles. The summed E-state index contributed by atoms with van der Waals surface area (Å²) in [4.78, 5) is 11.3. The van der Waals surface area contributed by atoms with Gasteiger partial charge in [0.05, 0.1) is 6.54 Å². The summed E-state index contributed by atoms with van der Waals surface area (Å²) in [6.45, 7) is 0.381. The van der Waals surface area contributed by atoms with Crippen LogP contribution in [0.3, 0.4) is 0 Å². The average Bonchev–Trinajstić information content (AvgIpc) is 2.95. The van der Waals surface area contributed by atoms with Crippen molar-refractivity contribution in [1.82, 2.24) is 19.3 Å². The standard InChI is InChI=1S/C13H12N4O2/c1-16-8-14-15-12(16)7-17-10-5-3-2-4-9(10)6-11(17)13(18)19/h2-6,8H,7H2,1H3,(H,18,19). The predicted molar refractivity (Wildman–Crippen MR) is 69.0 cm³/mol. The molecule has 0 bridgehead atoms. The molecule has 96 valence electrons. The molecule has 0 saturated heterocycles. The number of benzene rings is 1. The highest BCUT2D eigenvalue weighted by atomic mass is 16.4. The first-order chi connectivity index (χ1) is 9.16. The summed E-state index contributed by atoms with van der Waals surface area (Å²) < 4.78 is 3.52. The van der Waals surface area contributed by atoms with Gasteiger partial charge in [-0.25, -0.2) is 4.79 Å². The summed E-state index contributed by atoms with van der Waals surface area (Å²) in [5.41, 5.74) is 1.13. The van der Waals surface area contributed by atoms with E-state index in [1.807, 2.05) is 31.3 Å². The molecule has 2 heterocycles. The van der Waals surface area contributed by atoms with Crippen LogP contribution in [0.2, 0.25) is 0 Å². The molecule has 1 N–H and O–H groups in total. The summed E-state index contributed by atoms with van der Waals surface area (Å²) in [6.07, 6.45) is 1.60. The van der Waals surface area contributed by atoms with E-state index in [1.165, 1.54) is 0 Å². The molecule has 2 aromatic heterocycles. The van der Waals surface area contributed by atoms with Crippen LogP contribution in [-0.2, 0) is 13.6 Å². The van der Waals surface area contributed by atoms with Crippen LogP contribution in [0, 0.1) is 0 Å². The summed E-state index contributed by atoms with van der Waals surface area (Å²) >= 11 is 0. The maximum atomic E-state index is 11.3. The van der Waals surface area contributed by atoms with Gasteiger partial charge in [-0.05, 0) is 12.1 Å². The molecule has 0 atom stereocenters. The van der Waals surface area contributed by atoms with Gasteiger partial charge in [0.15, 0.2) is 5.82 Å². The Bertz CT molecular complexity index is 757. The number of aryl methyl sites for hydroxylation is 1. The fourth-order valence-electron chi connectivity index (χ4n) is 2.15. The largest absolute Gasteiger partial charge is 0.477 e. The predicted octanol–water partition coefficient (Wildman–Crippen LogP) is 1.52. The van der Waals surface area contributed by atoms with E-state index in [-0.39, 0.29) is 5.69 Å². The van der Waals surface area contributed by atoms with E-state index in [0.717, 1.165) is 10.9 Å². The van der Waals surface area contributed by atoms with Crippen molar-refractivity contribution in [2.75, 3.05) is 0 Å². The third kappa shape index (κ3) is 1.87. The number of carboxylic acids is 1. The van der Waals surface area contributed by atoms with E-state index in [0.29, 0.717) is 12.4 Å². The maximum absolute atomic E-state index is 11.3. The number of fused-ring (bicyclic) bond motifs is 1. The van der Waals surface area contributed by atoms with Crippen LogP contribution in [-0.4, -0.2) is 30.4 Å². The number of carbonyl (C=O) groups is 1. The zero-order chi connectivity index (χ0) is 13.4. The highest BCUT2D eigenvalue weighted by molar-refractivity contribution is 5.94. The van der Waals surface area contributed by atoms with E-state index in [9.17, 15) is 9.90 Å². The molecular weight excluding hydrogens is 244 g/mol.